The van der Waals surface area contributed by atoms with Crippen molar-refractivity contribution in [3.05, 3.63) is 58.2 Å². The quantitative estimate of drug-likeness (QED) is 0.538. The van der Waals surface area contributed by atoms with Crippen LogP contribution >= 0.6 is 23.2 Å². The second-order valence-corrected chi connectivity index (χ2v) is 10.8. The zero-order chi connectivity index (χ0) is 22.5. The molecule has 5 rings (SSSR count). The lowest BCUT2D eigenvalue weighted by Crippen LogP contribution is -2.28. The van der Waals surface area contributed by atoms with Crippen LogP contribution in [0.3, 0.4) is 0 Å². The number of hydrogen-bond acceptors (Lipinski definition) is 8. The Kier molecular flexibility index (Phi) is 5.58. The highest BCUT2D eigenvalue weighted by Crippen LogP contribution is 2.35. The Morgan fingerprint density at radius 3 is 2.75 bits per heavy atom. The van der Waals surface area contributed by atoms with Gasteiger partial charge in [-0.25, -0.2) is 23.1 Å². The second kappa shape index (κ2) is 8.27. The van der Waals surface area contributed by atoms with Gasteiger partial charge in [0.1, 0.15) is 5.82 Å². The molecule has 9 nitrogen and oxygen atoms in total. The lowest BCUT2D eigenvalue weighted by atomic mass is 10.2. The van der Waals surface area contributed by atoms with Gasteiger partial charge in [0.2, 0.25) is 5.28 Å². The van der Waals surface area contributed by atoms with Gasteiger partial charge in [0.25, 0.3) is 0 Å². The summed E-state index contributed by atoms with van der Waals surface area (Å²) >= 11 is 12.5. The van der Waals surface area contributed by atoms with E-state index in [2.05, 4.69) is 15.1 Å². The highest BCUT2D eigenvalue weighted by Gasteiger charge is 2.38. The van der Waals surface area contributed by atoms with Gasteiger partial charge in [-0.2, -0.15) is 5.10 Å². The summed E-state index contributed by atoms with van der Waals surface area (Å²) in [6.45, 7) is 1.67. The van der Waals surface area contributed by atoms with Crippen LogP contribution < -0.4 is 4.90 Å². The van der Waals surface area contributed by atoms with Crippen LogP contribution in [-0.2, 0) is 22.9 Å². The molecule has 2 aromatic heterocycles. The van der Waals surface area contributed by atoms with Gasteiger partial charge in [-0.05, 0) is 42.3 Å². The molecule has 168 valence electrons. The Morgan fingerprint density at radius 1 is 1.19 bits per heavy atom. The zero-order valence-electron chi connectivity index (χ0n) is 16.9. The summed E-state index contributed by atoms with van der Waals surface area (Å²) in [4.78, 5) is 12.5. The van der Waals surface area contributed by atoms with Gasteiger partial charge >= 0.3 is 0 Å². The van der Waals surface area contributed by atoms with Crippen molar-refractivity contribution in [3.63, 3.8) is 0 Å². The van der Waals surface area contributed by atoms with Gasteiger partial charge in [0, 0.05) is 44.1 Å². The van der Waals surface area contributed by atoms with E-state index in [0.717, 1.165) is 11.3 Å². The molecule has 0 saturated carbocycles. The molecular weight excluding hydrogens is 475 g/mol. The highest BCUT2D eigenvalue weighted by atomic mass is 35.5. The zero-order valence-corrected chi connectivity index (χ0v) is 19.2. The van der Waals surface area contributed by atoms with Crippen LogP contribution in [0.25, 0.3) is 5.69 Å². The molecule has 1 atom stereocenters. The summed E-state index contributed by atoms with van der Waals surface area (Å²) in [6.07, 6.45) is 3.85. The number of halogens is 2. The predicted molar refractivity (Wildman–Crippen MR) is 120 cm³/mol. The third kappa shape index (κ3) is 3.75. The van der Waals surface area contributed by atoms with Crippen LogP contribution in [0.5, 0.6) is 0 Å². The second-order valence-electron chi connectivity index (χ2n) is 7.84. The number of fused-ring (bicyclic) bond motifs is 1. The van der Waals surface area contributed by atoms with Crippen molar-refractivity contribution in [2.75, 3.05) is 24.7 Å². The monoisotopic (exact) mass is 494 g/mol. The fourth-order valence-corrected chi connectivity index (χ4v) is 6.69. The molecular formula is C20H20Cl2N6O3S. The fraction of sp³-hybridized carbons (Fsp3) is 0.350. The molecule has 0 unspecified atom stereocenters. The molecule has 0 aliphatic carbocycles. The third-order valence-electron chi connectivity index (χ3n) is 5.87. The largest absolute Gasteiger partial charge is 0.381 e. The molecule has 32 heavy (non-hydrogen) atoms. The van der Waals surface area contributed by atoms with Crippen LogP contribution in [0.15, 0.2) is 41.6 Å². The first-order valence-corrected chi connectivity index (χ1v) is 12.3. The molecule has 12 heteroatoms. The number of rotatable bonds is 5. The molecule has 2 aliphatic heterocycles. The topological polar surface area (TPSA) is 104 Å². The lowest BCUT2D eigenvalue weighted by molar-refractivity contribution is 0.105. The molecule has 0 spiro atoms. The van der Waals surface area contributed by atoms with E-state index in [4.69, 9.17) is 23.2 Å². The van der Waals surface area contributed by atoms with E-state index in [1.54, 1.807) is 35.3 Å². The Bertz CT molecular complexity index is 1270. The maximum Gasteiger partial charge on any atom is 0.224 e. The first kappa shape index (κ1) is 21.6. The van der Waals surface area contributed by atoms with Gasteiger partial charge in [-0.15, -0.1) is 0 Å². The van der Waals surface area contributed by atoms with Crippen LogP contribution in [0.4, 0.5) is 5.82 Å². The predicted octanol–water partition coefficient (Wildman–Crippen LogP) is 2.29. The van der Waals surface area contributed by atoms with Crippen molar-refractivity contribution in [1.82, 2.24) is 24.6 Å². The number of anilines is 1. The minimum absolute atomic E-state index is 0.0998. The van der Waals surface area contributed by atoms with E-state index < -0.39 is 15.1 Å². The average molecular weight is 495 g/mol. The normalized spacial score (nSPS) is 19.0. The Labute approximate surface area is 195 Å². The van der Waals surface area contributed by atoms with Crippen LogP contribution in [0.2, 0.25) is 10.3 Å². The molecule has 0 bridgehead atoms. The molecule has 0 radical (unpaired) electrons. The van der Waals surface area contributed by atoms with Gasteiger partial charge in [0.05, 0.1) is 33.3 Å². The number of aliphatic hydroxyl groups is 1. The van der Waals surface area contributed by atoms with E-state index in [0.29, 0.717) is 37.6 Å². The van der Waals surface area contributed by atoms with Crippen molar-refractivity contribution < 1.29 is 13.5 Å². The molecule has 0 amide bonds. The fourth-order valence-electron chi connectivity index (χ4n) is 4.27. The maximum atomic E-state index is 13.4. The van der Waals surface area contributed by atoms with Gasteiger partial charge in [0.15, 0.2) is 9.84 Å². The molecule has 1 aromatic carbocycles. The SMILES string of the molecule is O=S(=O)(c1ccc(-n2cccn2)cc1Cl)[C@H]1CCN(c2nc(Cl)nc3c2CN(CO)C3)C1. The summed E-state index contributed by atoms with van der Waals surface area (Å²) in [5.74, 6) is 0.633. The summed E-state index contributed by atoms with van der Waals surface area (Å²) in [5, 5.41) is 13.3. The van der Waals surface area contributed by atoms with E-state index in [1.165, 1.54) is 6.07 Å². The Hall–Kier alpha value is -2.24. The number of aromatic nitrogens is 4. The van der Waals surface area contributed by atoms with Crippen LogP contribution in [0, 0.1) is 0 Å². The first-order chi connectivity index (χ1) is 15.4. The smallest absolute Gasteiger partial charge is 0.224 e. The van der Waals surface area contributed by atoms with Crippen molar-refractivity contribution in [1.29, 1.82) is 0 Å². The number of aliphatic hydroxyl groups excluding tert-OH is 1. The van der Waals surface area contributed by atoms with E-state index in [1.807, 2.05) is 9.80 Å². The summed E-state index contributed by atoms with van der Waals surface area (Å²) in [7, 11) is -3.67. The summed E-state index contributed by atoms with van der Waals surface area (Å²) in [6, 6.07) is 6.62. The van der Waals surface area contributed by atoms with E-state index >= 15 is 0 Å². The molecule has 1 N–H and O–H groups in total. The minimum atomic E-state index is -3.67. The Balaban J connectivity index is 1.41. The molecule has 1 fully saturated rings. The molecule has 4 heterocycles. The first-order valence-electron chi connectivity index (χ1n) is 10.0. The minimum Gasteiger partial charge on any atom is -0.381 e. The molecule has 2 aliphatic rings. The van der Waals surface area contributed by atoms with E-state index in [-0.39, 0.29) is 28.5 Å². The third-order valence-corrected chi connectivity index (χ3v) is 8.70. The highest BCUT2D eigenvalue weighted by molar-refractivity contribution is 7.92. The van der Waals surface area contributed by atoms with Gasteiger partial charge < -0.3 is 10.0 Å². The maximum absolute atomic E-state index is 13.4. The molecule has 1 saturated heterocycles. The van der Waals surface area contributed by atoms with E-state index in [9.17, 15) is 13.5 Å². The number of benzene rings is 1. The van der Waals surface area contributed by atoms with Crippen molar-refractivity contribution in [2.24, 2.45) is 0 Å². The van der Waals surface area contributed by atoms with Crippen molar-refractivity contribution in [3.8, 4) is 5.69 Å². The summed E-state index contributed by atoms with van der Waals surface area (Å²) in [5.41, 5.74) is 2.33. The van der Waals surface area contributed by atoms with Gasteiger partial charge in [-0.1, -0.05) is 11.6 Å². The standard InChI is InChI=1S/C20H20Cl2N6O3S/c21-16-8-13(28-6-1-5-23-28)2-3-18(16)32(30,31)14-4-7-27(9-14)19-15-10-26(12-29)11-17(15)24-20(22)25-19/h1-3,5-6,8,14,29H,4,7,9-12H2/t14-/m0/s1. The summed E-state index contributed by atoms with van der Waals surface area (Å²) < 4.78 is 28.4. The van der Waals surface area contributed by atoms with Crippen LogP contribution in [-0.4, -0.2) is 63.2 Å². The van der Waals surface area contributed by atoms with Crippen molar-refractivity contribution >= 4 is 38.9 Å². The number of nitrogens with zero attached hydrogens (tertiary/aromatic N) is 6. The van der Waals surface area contributed by atoms with Crippen molar-refractivity contribution in [2.45, 2.75) is 29.7 Å². The molecule has 3 aromatic rings. The number of sulfone groups is 1. The lowest BCUT2D eigenvalue weighted by Gasteiger charge is -2.21. The Morgan fingerprint density at radius 2 is 2.03 bits per heavy atom. The van der Waals surface area contributed by atoms with Gasteiger partial charge in [-0.3, -0.25) is 4.90 Å². The average Bonchev–Trinajstić information content (AvgIpc) is 3.53. The number of hydrogen-bond donors (Lipinski definition) is 1. The van der Waals surface area contributed by atoms with Crippen LogP contribution in [0.1, 0.15) is 17.7 Å².